The van der Waals surface area contributed by atoms with Crippen molar-refractivity contribution in [1.29, 1.82) is 0 Å². The summed E-state index contributed by atoms with van der Waals surface area (Å²) in [6.45, 7) is 0.898. The Bertz CT molecular complexity index is 821. The van der Waals surface area contributed by atoms with Crippen molar-refractivity contribution in [2.24, 2.45) is 5.92 Å². The van der Waals surface area contributed by atoms with Gasteiger partial charge in [0.15, 0.2) is 0 Å². The lowest BCUT2D eigenvalue weighted by atomic mass is 10.1. The first-order valence-corrected chi connectivity index (χ1v) is 8.33. The molecule has 1 aliphatic rings. The van der Waals surface area contributed by atoms with Gasteiger partial charge in [-0.1, -0.05) is 12.1 Å². The first kappa shape index (κ1) is 15.6. The number of phenols is 1. The molecule has 3 aromatic rings. The molecule has 1 saturated carbocycles. The average molecular weight is 337 g/mol. The van der Waals surface area contributed by atoms with Crippen LogP contribution in [0, 0.1) is 5.92 Å². The quantitative estimate of drug-likeness (QED) is 0.740. The third kappa shape index (κ3) is 3.45. The van der Waals surface area contributed by atoms with Crippen molar-refractivity contribution in [2.45, 2.75) is 25.4 Å². The van der Waals surface area contributed by atoms with Crippen LogP contribution in [0.3, 0.4) is 0 Å². The number of benzene rings is 1. The van der Waals surface area contributed by atoms with E-state index in [1.807, 2.05) is 36.4 Å². The van der Waals surface area contributed by atoms with Crippen LogP contribution in [0.2, 0.25) is 0 Å². The molecule has 2 aromatic heterocycles. The fourth-order valence-corrected chi connectivity index (χ4v) is 3.14. The van der Waals surface area contributed by atoms with Crippen molar-refractivity contribution in [3.05, 3.63) is 78.1 Å². The van der Waals surface area contributed by atoms with E-state index in [1.54, 1.807) is 29.6 Å². The summed E-state index contributed by atoms with van der Waals surface area (Å²) in [5.74, 6) is 2.07. The van der Waals surface area contributed by atoms with Crippen LogP contribution in [-0.4, -0.2) is 15.9 Å². The molecule has 0 radical (unpaired) electrons. The molecule has 25 heavy (non-hydrogen) atoms. The van der Waals surface area contributed by atoms with E-state index in [0.717, 1.165) is 23.5 Å². The van der Waals surface area contributed by atoms with Crippen LogP contribution >= 0.6 is 0 Å². The summed E-state index contributed by atoms with van der Waals surface area (Å²) in [7, 11) is 0. The Balaban J connectivity index is 1.50. The van der Waals surface area contributed by atoms with Crippen LogP contribution in [0.5, 0.6) is 5.75 Å². The fourth-order valence-electron chi connectivity index (χ4n) is 3.14. The summed E-state index contributed by atoms with van der Waals surface area (Å²) >= 11 is 0. The number of hydrogen-bond donors (Lipinski definition) is 1. The first-order chi connectivity index (χ1) is 12.2. The molecule has 5 heteroatoms. The van der Waals surface area contributed by atoms with Crippen molar-refractivity contribution in [3.63, 3.8) is 0 Å². The van der Waals surface area contributed by atoms with Crippen LogP contribution < -0.4 is 0 Å². The van der Waals surface area contributed by atoms with Gasteiger partial charge in [0, 0.05) is 18.4 Å². The number of nitrogens with zero attached hydrogens (tertiary/aromatic N) is 1. The van der Waals surface area contributed by atoms with Crippen molar-refractivity contribution in [2.75, 3.05) is 0 Å². The van der Waals surface area contributed by atoms with Gasteiger partial charge in [0.05, 0.1) is 19.1 Å². The predicted molar refractivity (Wildman–Crippen MR) is 90.6 cm³/mol. The minimum atomic E-state index is -0.0433. The van der Waals surface area contributed by atoms with Gasteiger partial charge in [-0.3, -0.25) is 4.79 Å². The van der Waals surface area contributed by atoms with E-state index < -0.39 is 0 Å². The molecule has 1 N–H and O–H groups in total. The topological polar surface area (TPSA) is 66.8 Å². The van der Waals surface area contributed by atoms with Crippen LogP contribution in [0.15, 0.2) is 69.9 Å². The summed E-state index contributed by atoms with van der Waals surface area (Å²) in [6, 6.07) is 14.4. The molecule has 1 aliphatic carbocycles. The number of aromatic hydroxyl groups is 1. The Morgan fingerprint density at radius 2 is 1.80 bits per heavy atom. The Hall–Kier alpha value is -2.95. The Kier molecular flexibility index (Phi) is 4.06. The number of carbonyl (C=O) groups is 1. The summed E-state index contributed by atoms with van der Waals surface area (Å²) in [4.78, 5) is 14.8. The van der Waals surface area contributed by atoms with Crippen molar-refractivity contribution in [1.82, 2.24) is 4.90 Å². The molecule has 2 atom stereocenters. The molecule has 1 aromatic carbocycles. The van der Waals surface area contributed by atoms with E-state index in [0.29, 0.717) is 13.1 Å². The lowest BCUT2D eigenvalue weighted by Gasteiger charge is -2.22. The van der Waals surface area contributed by atoms with Crippen molar-refractivity contribution >= 4 is 5.91 Å². The number of hydrogen-bond acceptors (Lipinski definition) is 4. The van der Waals surface area contributed by atoms with E-state index in [9.17, 15) is 9.90 Å². The predicted octanol–water partition coefficient (Wildman–Crippen LogP) is 3.91. The number of amides is 1. The summed E-state index contributed by atoms with van der Waals surface area (Å²) in [5, 5.41) is 9.44. The van der Waals surface area contributed by atoms with Gasteiger partial charge in [0.25, 0.3) is 0 Å². The highest BCUT2D eigenvalue weighted by atomic mass is 16.3. The monoisotopic (exact) mass is 337 g/mol. The molecule has 1 fully saturated rings. The fraction of sp³-hybridized carbons (Fsp3) is 0.250. The van der Waals surface area contributed by atoms with E-state index in [4.69, 9.17) is 8.83 Å². The highest BCUT2D eigenvalue weighted by Gasteiger charge is 2.47. The van der Waals surface area contributed by atoms with Gasteiger partial charge in [0.2, 0.25) is 5.91 Å². The van der Waals surface area contributed by atoms with E-state index in [2.05, 4.69) is 0 Å². The van der Waals surface area contributed by atoms with Crippen LogP contribution in [0.25, 0.3) is 0 Å². The lowest BCUT2D eigenvalue weighted by Crippen LogP contribution is -2.31. The zero-order valence-corrected chi connectivity index (χ0v) is 13.7. The largest absolute Gasteiger partial charge is 0.508 e. The van der Waals surface area contributed by atoms with Gasteiger partial charge in [-0.15, -0.1) is 0 Å². The van der Waals surface area contributed by atoms with E-state index >= 15 is 0 Å². The smallest absolute Gasteiger partial charge is 0.227 e. The maximum absolute atomic E-state index is 13.0. The molecule has 0 unspecified atom stereocenters. The van der Waals surface area contributed by atoms with Gasteiger partial charge in [-0.05, 0) is 48.4 Å². The SMILES string of the molecule is O=C([C@@H]1C[C@H]1c1ccco1)N(Cc1ccc(O)cc1)Cc1ccco1. The molecule has 2 heterocycles. The highest BCUT2D eigenvalue weighted by Crippen LogP contribution is 2.48. The number of rotatable bonds is 6. The zero-order chi connectivity index (χ0) is 17.2. The molecule has 0 spiro atoms. The number of furan rings is 2. The minimum absolute atomic E-state index is 0.0433. The Morgan fingerprint density at radius 1 is 1.04 bits per heavy atom. The minimum Gasteiger partial charge on any atom is -0.508 e. The molecule has 0 saturated heterocycles. The molecule has 4 rings (SSSR count). The van der Waals surface area contributed by atoms with Crippen LogP contribution in [0.4, 0.5) is 0 Å². The molecule has 5 nitrogen and oxygen atoms in total. The molecular weight excluding hydrogens is 318 g/mol. The molecule has 0 aliphatic heterocycles. The summed E-state index contributed by atoms with van der Waals surface area (Å²) in [5.41, 5.74) is 0.966. The standard InChI is InChI=1S/C20H19NO4/c22-15-7-5-14(6-8-15)12-21(13-16-3-1-9-24-16)20(23)18-11-17(18)19-4-2-10-25-19/h1-10,17-18,22H,11-13H2/t17-,18-/m1/s1. The van der Waals surface area contributed by atoms with E-state index in [-0.39, 0.29) is 23.5 Å². The molecular formula is C20H19NO4. The van der Waals surface area contributed by atoms with Gasteiger partial charge in [-0.2, -0.15) is 0 Å². The number of phenolic OH excluding ortho intramolecular Hbond substituents is 1. The van der Waals surface area contributed by atoms with Crippen molar-refractivity contribution in [3.8, 4) is 5.75 Å². The van der Waals surface area contributed by atoms with Crippen LogP contribution in [0.1, 0.15) is 29.4 Å². The zero-order valence-electron chi connectivity index (χ0n) is 13.7. The maximum Gasteiger partial charge on any atom is 0.227 e. The third-order valence-electron chi connectivity index (χ3n) is 4.56. The third-order valence-corrected chi connectivity index (χ3v) is 4.56. The lowest BCUT2D eigenvalue weighted by molar-refractivity contribution is -0.134. The number of carbonyl (C=O) groups excluding carboxylic acids is 1. The summed E-state index contributed by atoms with van der Waals surface area (Å²) < 4.78 is 10.9. The Labute approximate surface area is 145 Å². The first-order valence-electron chi connectivity index (χ1n) is 8.33. The van der Waals surface area contributed by atoms with E-state index in [1.165, 1.54) is 0 Å². The van der Waals surface area contributed by atoms with Gasteiger partial charge >= 0.3 is 0 Å². The molecule has 1 amide bonds. The Morgan fingerprint density at radius 3 is 2.48 bits per heavy atom. The van der Waals surface area contributed by atoms with Crippen molar-refractivity contribution < 1.29 is 18.7 Å². The maximum atomic E-state index is 13.0. The second-order valence-corrected chi connectivity index (χ2v) is 6.40. The highest BCUT2D eigenvalue weighted by molar-refractivity contribution is 5.82. The molecule has 128 valence electrons. The summed E-state index contributed by atoms with van der Waals surface area (Å²) in [6.07, 6.45) is 4.07. The molecule has 0 bridgehead atoms. The van der Waals surface area contributed by atoms with Crippen LogP contribution in [-0.2, 0) is 17.9 Å². The normalized spacial score (nSPS) is 18.9. The average Bonchev–Trinajstić information content (AvgIpc) is 3.02. The van der Waals surface area contributed by atoms with Gasteiger partial charge in [-0.25, -0.2) is 0 Å². The second-order valence-electron chi connectivity index (χ2n) is 6.40. The second kappa shape index (κ2) is 6.51. The van der Waals surface area contributed by atoms with Gasteiger partial charge in [0.1, 0.15) is 17.3 Å². The van der Waals surface area contributed by atoms with Gasteiger partial charge < -0.3 is 18.8 Å².